The smallest absolute Gasteiger partial charge is 0.267 e. The van der Waals surface area contributed by atoms with E-state index in [0.717, 1.165) is 5.56 Å². The van der Waals surface area contributed by atoms with Gasteiger partial charge < -0.3 is 10.5 Å². The second kappa shape index (κ2) is 4.92. The molecule has 0 bridgehead atoms. The molecule has 3 rings (SSSR count). The summed E-state index contributed by atoms with van der Waals surface area (Å²) in [4.78, 5) is 15.5. The van der Waals surface area contributed by atoms with Crippen molar-refractivity contribution in [3.63, 3.8) is 0 Å². The van der Waals surface area contributed by atoms with Crippen molar-refractivity contribution in [2.24, 2.45) is 5.73 Å². The first-order valence-electron chi connectivity index (χ1n) is 6.14. The van der Waals surface area contributed by atoms with E-state index in [-0.39, 0.29) is 0 Å². The highest BCUT2D eigenvalue weighted by molar-refractivity contribution is 5.98. The number of ether oxygens (including phenoxy) is 1. The maximum Gasteiger partial charge on any atom is 0.267 e. The fourth-order valence-electron chi connectivity index (χ4n) is 2.14. The number of carbonyl (C=O) groups excluding carboxylic acids is 1. The third-order valence-corrected chi connectivity index (χ3v) is 3.12. The van der Waals surface area contributed by atoms with Crippen molar-refractivity contribution in [2.45, 2.75) is 12.5 Å². The fraction of sp³-hybridized carbons (Fsp3) is 0.143. The number of nitrogens with two attached hydrogens (primary N) is 1. The summed E-state index contributed by atoms with van der Waals surface area (Å²) in [5.41, 5.74) is 6.89. The van der Waals surface area contributed by atoms with Crippen molar-refractivity contribution >= 4 is 11.6 Å². The van der Waals surface area contributed by atoms with Crippen LogP contribution in [0.15, 0.2) is 42.7 Å². The van der Waals surface area contributed by atoms with Gasteiger partial charge in [0.15, 0.2) is 0 Å². The first kappa shape index (κ1) is 12.6. The molecule has 1 atom stereocenters. The number of carbonyl (C=O) groups is 1. The molecule has 20 heavy (non-hydrogen) atoms. The highest BCUT2D eigenvalue weighted by Gasteiger charge is 2.29. The lowest BCUT2D eigenvalue weighted by molar-refractivity contribution is -0.125. The largest absolute Gasteiger partial charge is 0.456 e. The number of benzene rings is 1. The van der Waals surface area contributed by atoms with Gasteiger partial charge in [-0.15, -0.1) is 0 Å². The normalized spacial score (nSPS) is 17.8. The minimum Gasteiger partial charge on any atom is -0.456 e. The van der Waals surface area contributed by atoms with Crippen LogP contribution in [-0.4, -0.2) is 22.1 Å². The van der Waals surface area contributed by atoms with Crippen molar-refractivity contribution in [2.75, 3.05) is 5.06 Å². The number of fused-ring (bicyclic) bond motifs is 1. The predicted octanol–water partition coefficient (Wildman–Crippen LogP) is 1.48. The third-order valence-electron chi connectivity index (χ3n) is 3.12. The minimum atomic E-state index is -0.735. The zero-order valence-electron chi connectivity index (χ0n) is 10.6. The molecule has 0 fully saturated rings. The van der Waals surface area contributed by atoms with Gasteiger partial charge in [-0.05, 0) is 42.3 Å². The summed E-state index contributed by atoms with van der Waals surface area (Å²) in [5, 5.41) is 10.3. The molecular weight excluding hydrogens is 258 g/mol. The van der Waals surface area contributed by atoms with Crippen LogP contribution in [0, 0.1) is 0 Å². The van der Waals surface area contributed by atoms with Gasteiger partial charge in [-0.25, -0.2) is 0 Å². The van der Waals surface area contributed by atoms with Crippen molar-refractivity contribution in [3.05, 3.63) is 48.3 Å². The molecule has 3 N–H and O–H groups in total. The molecule has 0 saturated carbocycles. The fourth-order valence-corrected chi connectivity index (χ4v) is 2.14. The molecular formula is C14H13N3O3. The maximum absolute atomic E-state index is 11.6. The minimum absolute atomic E-state index is 0.371. The van der Waals surface area contributed by atoms with E-state index >= 15 is 0 Å². The Kier molecular flexibility index (Phi) is 3.09. The zero-order chi connectivity index (χ0) is 14.1. The molecule has 2 heterocycles. The molecule has 1 aliphatic rings. The van der Waals surface area contributed by atoms with Crippen molar-refractivity contribution in [1.82, 2.24) is 4.98 Å². The maximum atomic E-state index is 11.6. The van der Waals surface area contributed by atoms with Gasteiger partial charge in [-0.1, -0.05) is 0 Å². The quantitative estimate of drug-likeness (QED) is 0.808. The molecule has 6 nitrogen and oxygen atoms in total. The number of anilines is 1. The molecule has 0 aliphatic carbocycles. The Morgan fingerprint density at radius 1 is 1.35 bits per heavy atom. The Bertz CT molecular complexity index is 645. The summed E-state index contributed by atoms with van der Waals surface area (Å²) in [6.07, 6.45) is 3.64. The van der Waals surface area contributed by atoms with Gasteiger partial charge in [0.05, 0.1) is 17.9 Å². The standard InChI is InChI=1S/C14H13N3O3/c15-12-7-9-6-10(20-11-2-1-5-16-8-11)3-4-13(9)17(19)14(12)18/h1-6,8,12,19H,7,15H2. The Morgan fingerprint density at radius 2 is 2.20 bits per heavy atom. The number of amides is 1. The average Bonchev–Trinajstić information content (AvgIpc) is 2.46. The van der Waals surface area contributed by atoms with Crippen LogP contribution < -0.4 is 15.5 Å². The van der Waals surface area contributed by atoms with E-state index in [4.69, 9.17) is 10.5 Å². The van der Waals surface area contributed by atoms with Gasteiger partial charge in [0.25, 0.3) is 5.91 Å². The zero-order valence-corrected chi connectivity index (χ0v) is 10.6. The topological polar surface area (TPSA) is 88.7 Å². The lowest BCUT2D eigenvalue weighted by Crippen LogP contribution is -2.47. The lowest BCUT2D eigenvalue weighted by Gasteiger charge is -2.27. The van der Waals surface area contributed by atoms with Gasteiger partial charge in [-0.2, -0.15) is 5.06 Å². The number of rotatable bonds is 2. The van der Waals surface area contributed by atoms with Crippen LogP contribution in [0.4, 0.5) is 5.69 Å². The molecule has 102 valence electrons. The Balaban J connectivity index is 1.90. The number of nitrogens with zero attached hydrogens (tertiary/aromatic N) is 2. The van der Waals surface area contributed by atoms with E-state index in [2.05, 4.69) is 4.98 Å². The average molecular weight is 271 g/mol. The van der Waals surface area contributed by atoms with Crippen LogP contribution >= 0.6 is 0 Å². The SMILES string of the molecule is NC1Cc2cc(Oc3cccnc3)ccc2N(O)C1=O. The van der Waals surface area contributed by atoms with Gasteiger partial charge in [0.1, 0.15) is 11.5 Å². The Morgan fingerprint density at radius 3 is 2.95 bits per heavy atom. The molecule has 1 unspecified atom stereocenters. The number of pyridine rings is 1. The molecule has 1 amide bonds. The van der Waals surface area contributed by atoms with Gasteiger partial charge in [0, 0.05) is 6.20 Å². The van der Waals surface area contributed by atoms with Crippen LogP contribution in [0.2, 0.25) is 0 Å². The van der Waals surface area contributed by atoms with E-state index in [9.17, 15) is 10.0 Å². The highest BCUT2D eigenvalue weighted by atomic mass is 16.5. The summed E-state index contributed by atoms with van der Waals surface area (Å²) >= 11 is 0. The summed E-state index contributed by atoms with van der Waals surface area (Å²) in [6.45, 7) is 0. The molecule has 0 saturated heterocycles. The third kappa shape index (κ3) is 2.22. The van der Waals surface area contributed by atoms with Crippen LogP contribution in [-0.2, 0) is 11.2 Å². The predicted molar refractivity (Wildman–Crippen MR) is 71.7 cm³/mol. The Hall–Kier alpha value is -2.44. The van der Waals surface area contributed by atoms with Crippen molar-refractivity contribution < 1.29 is 14.7 Å². The summed E-state index contributed by atoms with van der Waals surface area (Å²) in [7, 11) is 0. The van der Waals surface area contributed by atoms with Gasteiger partial charge in [0.2, 0.25) is 0 Å². The van der Waals surface area contributed by atoms with E-state index < -0.39 is 11.9 Å². The number of aromatic nitrogens is 1. The molecule has 1 aromatic heterocycles. The van der Waals surface area contributed by atoms with Crippen LogP contribution in [0.3, 0.4) is 0 Å². The van der Waals surface area contributed by atoms with Gasteiger partial charge in [-0.3, -0.25) is 15.0 Å². The van der Waals surface area contributed by atoms with E-state index in [1.165, 1.54) is 0 Å². The Labute approximate surface area is 115 Å². The van der Waals surface area contributed by atoms with Crippen molar-refractivity contribution in [1.29, 1.82) is 0 Å². The van der Waals surface area contributed by atoms with Crippen LogP contribution in [0.5, 0.6) is 11.5 Å². The molecule has 1 aromatic carbocycles. The van der Waals surface area contributed by atoms with E-state index in [1.54, 1.807) is 42.7 Å². The number of hydrogen-bond donors (Lipinski definition) is 2. The highest BCUT2D eigenvalue weighted by Crippen LogP contribution is 2.31. The van der Waals surface area contributed by atoms with E-state index in [1.807, 2.05) is 0 Å². The molecule has 0 radical (unpaired) electrons. The summed E-state index contributed by atoms with van der Waals surface area (Å²) in [6, 6.07) is 7.90. The summed E-state index contributed by atoms with van der Waals surface area (Å²) in [5.74, 6) is 0.717. The van der Waals surface area contributed by atoms with Gasteiger partial charge >= 0.3 is 0 Å². The van der Waals surface area contributed by atoms with Crippen LogP contribution in [0.25, 0.3) is 0 Å². The summed E-state index contributed by atoms with van der Waals surface area (Å²) < 4.78 is 5.65. The second-order valence-corrected chi connectivity index (χ2v) is 4.54. The second-order valence-electron chi connectivity index (χ2n) is 4.54. The molecule has 6 heteroatoms. The van der Waals surface area contributed by atoms with Crippen LogP contribution in [0.1, 0.15) is 5.56 Å². The number of hydrogen-bond acceptors (Lipinski definition) is 5. The molecule has 0 spiro atoms. The molecule has 1 aliphatic heterocycles. The first-order valence-corrected chi connectivity index (χ1v) is 6.14. The molecule has 2 aromatic rings. The lowest BCUT2D eigenvalue weighted by atomic mass is 9.99. The van der Waals surface area contributed by atoms with E-state index in [0.29, 0.717) is 28.7 Å². The first-order chi connectivity index (χ1) is 9.65. The monoisotopic (exact) mass is 271 g/mol. The van der Waals surface area contributed by atoms with Crippen molar-refractivity contribution in [3.8, 4) is 11.5 Å². The number of hydroxylamine groups is 1.